The van der Waals surface area contributed by atoms with Crippen molar-refractivity contribution < 1.29 is 23.1 Å². The van der Waals surface area contributed by atoms with Gasteiger partial charge in [-0.05, 0) is 51.4 Å². The summed E-state index contributed by atoms with van der Waals surface area (Å²) in [6, 6.07) is 1.21. The molecule has 0 atom stereocenters. The smallest absolute Gasteiger partial charge is 0.224 e. The van der Waals surface area contributed by atoms with Gasteiger partial charge in [-0.2, -0.15) is 4.98 Å². The van der Waals surface area contributed by atoms with Crippen molar-refractivity contribution in [3.05, 3.63) is 35.8 Å². The SMILES string of the molecule is C.CNC(=O)C1CCC(Nc2ncc3nc(Nc4c(F)cc(F)cc4F)n(C4CCC(O)CC4)c3n2)CC1. The van der Waals surface area contributed by atoms with E-state index in [1.54, 1.807) is 17.8 Å². The van der Waals surface area contributed by atoms with E-state index in [1.165, 1.54) is 0 Å². The first-order chi connectivity index (χ1) is 17.8. The van der Waals surface area contributed by atoms with Crippen molar-refractivity contribution in [2.24, 2.45) is 5.92 Å². The molecule has 2 heterocycles. The Morgan fingerprint density at radius 3 is 2.29 bits per heavy atom. The minimum Gasteiger partial charge on any atom is -0.393 e. The summed E-state index contributed by atoms with van der Waals surface area (Å²) in [6.07, 6.45) is 6.71. The summed E-state index contributed by atoms with van der Waals surface area (Å²) in [6.45, 7) is 0. The maximum Gasteiger partial charge on any atom is 0.224 e. The maximum absolute atomic E-state index is 14.4. The molecule has 5 rings (SSSR count). The molecule has 2 aliphatic rings. The fourth-order valence-corrected chi connectivity index (χ4v) is 5.37. The molecule has 1 aromatic carbocycles. The number of nitrogens with zero attached hydrogens (tertiary/aromatic N) is 4. The van der Waals surface area contributed by atoms with Gasteiger partial charge in [-0.3, -0.25) is 9.36 Å². The molecule has 0 saturated heterocycles. The quantitative estimate of drug-likeness (QED) is 0.359. The van der Waals surface area contributed by atoms with Crippen LogP contribution in [0.5, 0.6) is 0 Å². The first-order valence-electron chi connectivity index (χ1n) is 12.6. The predicted molar refractivity (Wildman–Crippen MR) is 139 cm³/mol. The zero-order valence-corrected chi connectivity index (χ0v) is 20.5. The second-order valence-corrected chi connectivity index (χ2v) is 9.85. The number of carbonyl (C=O) groups is 1. The van der Waals surface area contributed by atoms with Crippen LogP contribution in [0.2, 0.25) is 0 Å². The third-order valence-corrected chi connectivity index (χ3v) is 7.39. The van der Waals surface area contributed by atoms with E-state index in [4.69, 9.17) is 4.98 Å². The van der Waals surface area contributed by atoms with Crippen LogP contribution in [0.3, 0.4) is 0 Å². The molecule has 206 valence electrons. The van der Waals surface area contributed by atoms with E-state index in [1.807, 2.05) is 0 Å². The van der Waals surface area contributed by atoms with Gasteiger partial charge in [0.05, 0.1) is 12.3 Å². The lowest BCUT2D eigenvalue weighted by Crippen LogP contribution is -2.34. The van der Waals surface area contributed by atoms with Crippen LogP contribution in [0.4, 0.5) is 30.8 Å². The third-order valence-electron chi connectivity index (χ3n) is 7.39. The lowest BCUT2D eigenvalue weighted by molar-refractivity contribution is -0.125. The Bertz CT molecular complexity index is 1260. The molecule has 2 aliphatic carbocycles. The van der Waals surface area contributed by atoms with E-state index in [0.29, 0.717) is 54.9 Å². The number of aliphatic hydroxyl groups is 1. The highest BCUT2D eigenvalue weighted by Crippen LogP contribution is 2.36. The Hall–Kier alpha value is -3.41. The van der Waals surface area contributed by atoms with Gasteiger partial charge >= 0.3 is 0 Å². The number of rotatable bonds is 6. The Balaban J connectivity index is 0.00000336. The van der Waals surface area contributed by atoms with Crippen LogP contribution in [0, 0.1) is 23.4 Å². The number of fused-ring (bicyclic) bond motifs is 1. The van der Waals surface area contributed by atoms with E-state index >= 15 is 0 Å². The molecule has 0 unspecified atom stereocenters. The van der Waals surface area contributed by atoms with Crippen LogP contribution in [0.1, 0.15) is 64.8 Å². The average molecular weight is 534 g/mol. The van der Waals surface area contributed by atoms with Crippen molar-refractivity contribution in [2.45, 2.75) is 77.0 Å². The monoisotopic (exact) mass is 533 g/mol. The molecular weight excluding hydrogens is 499 g/mol. The largest absolute Gasteiger partial charge is 0.393 e. The van der Waals surface area contributed by atoms with Gasteiger partial charge in [0.1, 0.15) is 17.0 Å². The maximum atomic E-state index is 14.4. The van der Waals surface area contributed by atoms with Gasteiger partial charge in [0, 0.05) is 37.2 Å². The zero-order valence-electron chi connectivity index (χ0n) is 20.5. The summed E-state index contributed by atoms with van der Waals surface area (Å²) in [5, 5.41) is 18.8. The van der Waals surface area contributed by atoms with Gasteiger partial charge in [-0.1, -0.05) is 7.43 Å². The minimum atomic E-state index is -1.07. The summed E-state index contributed by atoms with van der Waals surface area (Å²) in [5.41, 5.74) is 0.418. The fraction of sp³-hybridized carbons (Fsp3) is 0.538. The van der Waals surface area contributed by atoms with Crippen molar-refractivity contribution >= 4 is 34.7 Å². The fourth-order valence-electron chi connectivity index (χ4n) is 5.37. The van der Waals surface area contributed by atoms with Gasteiger partial charge in [0.25, 0.3) is 0 Å². The van der Waals surface area contributed by atoms with Gasteiger partial charge < -0.3 is 21.1 Å². The topological polar surface area (TPSA) is 117 Å². The Labute approximate surface area is 219 Å². The molecule has 0 spiro atoms. The van der Waals surface area contributed by atoms with E-state index < -0.39 is 29.2 Å². The van der Waals surface area contributed by atoms with E-state index in [0.717, 1.165) is 25.7 Å². The number of imidazole rings is 1. The molecular formula is C26H34F3N7O2. The number of benzene rings is 1. The molecule has 0 bridgehead atoms. The van der Waals surface area contributed by atoms with Crippen molar-refractivity contribution in [3.63, 3.8) is 0 Å². The summed E-state index contributed by atoms with van der Waals surface area (Å²) in [7, 11) is 1.65. The Kier molecular flexibility index (Phi) is 8.39. The first kappa shape index (κ1) is 27.6. The van der Waals surface area contributed by atoms with Gasteiger partial charge in [0.2, 0.25) is 17.8 Å². The number of carbonyl (C=O) groups excluding carboxylic acids is 1. The van der Waals surface area contributed by atoms with Crippen LogP contribution >= 0.6 is 0 Å². The summed E-state index contributed by atoms with van der Waals surface area (Å²) >= 11 is 0. The molecule has 1 amide bonds. The summed E-state index contributed by atoms with van der Waals surface area (Å²) in [4.78, 5) is 25.5. The number of halogens is 3. The average Bonchev–Trinajstić information content (AvgIpc) is 3.24. The molecule has 2 aromatic heterocycles. The molecule has 2 saturated carbocycles. The van der Waals surface area contributed by atoms with E-state index in [9.17, 15) is 23.1 Å². The lowest BCUT2D eigenvalue weighted by Gasteiger charge is -2.29. The predicted octanol–water partition coefficient (Wildman–Crippen LogP) is 4.82. The van der Waals surface area contributed by atoms with Gasteiger partial charge in [0.15, 0.2) is 17.3 Å². The third kappa shape index (κ3) is 5.69. The number of anilines is 3. The number of aliphatic hydroxyl groups excluding tert-OH is 1. The first-order valence-corrected chi connectivity index (χ1v) is 12.6. The standard InChI is InChI=1S/C25H30F3N7O2.CH4/c1-29-23(37)13-2-4-15(5-3-13)31-24-30-12-20-22(34-24)35(16-6-8-17(36)9-7-16)25(32-20)33-21-18(27)10-14(26)11-19(21)28;/h10-13,15-17,36H,2-9H2,1H3,(H,29,37)(H,32,33)(H,30,31,34);1H4. The van der Waals surface area contributed by atoms with E-state index in [-0.39, 0.29) is 37.3 Å². The Morgan fingerprint density at radius 2 is 1.66 bits per heavy atom. The molecule has 4 N–H and O–H groups in total. The second kappa shape index (κ2) is 11.5. The minimum absolute atomic E-state index is 0. The van der Waals surface area contributed by atoms with Crippen LogP contribution in [-0.4, -0.2) is 49.7 Å². The Morgan fingerprint density at radius 1 is 1.00 bits per heavy atom. The molecule has 2 fully saturated rings. The highest BCUT2D eigenvalue weighted by atomic mass is 19.1. The second-order valence-electron chi connectivity index (χ2n) is 9.85. The molecule has 38 heavy (non-hydrogen) atoms. The molecule has 3 aromatic rings. The van der Waals surface area contributed by atoms with Crippen molar-refractivity contribution in [2.75, 3.05) is 17.7 Å². The molecule has 0 radical (unpaired) electrons. The van der Waals surface area contributed by atoms with Crippen molar-refractivity contribution in [3.8, 4) is 0 Å². The number of hydrogen-bond acceptors (Lipinski definition) is 7. The van der Waals surface area contributed by atoms with Gasteiger partial charge in [-0.25, -0.2) is 23.1 Å². The molecule has 12 heteroatoms. The van der Waals surface area contributed by atoms with Crippen molar-refractivity contribution in [1.82, 2.24) is 24.8 Å². The summed E-state index contributed by atoms with van der Waals surface area (Å²) in [5.74, 6) is -2.52. The van der Waals surface area contributed by atoms with Gasteiger partial charge in [-0.15, -0.1) is 0 Å². The lowest BCUT2D eigenvalue weighted by atomic mass is 9.85. The van der Waals surface area contributed by atoms with Crippen molar-refractivity contribution in [1.29, 1.82) is 0 Å². The van der Waals surface area contributed by atoms with Crippen LogP contribution in [-0.2, 0) is 4.79 Å². The molecule has 0 aliphatic heterocycles. The van der Waals surface area contributed by atoms with Crippen LogP contribution in [0.15, 0.2) is 18.3 Å². The van der Waals surface area contributed by atoms with Crippen LogP contribution < -0.4 is 16.0 Å². The number of hydrogen-bond donors (Lipinski definition) is 4. The zero-order chi connectivity index (χ0) is 26.1. The van der Waals surface area contributed by atoms with E-state index in [2.05, 4.69) is 25.9 Å². The number of aromatic nitrogens is 4. The highest BCUT2D eigenvalue weighted by molar-refractivity contribution is 5.78. The summed E-state index contributed by atoms with van der Waals surface area (Å²) < 4.78 is 44.1. The van der Waals surface area contributed by atoms with Crippen LogP contribution in [0.25, 0.3) is 11.2 Å². The molecule has 9 nitrogen and oxygen atoms in total. The number of amides is 1. The highest BCUT2D eigenvalue weighted by Gasteiger charge is 2.29. The number of nitrogens with one attached hydrogen (secondary N) is 3. The normalized spacial score (nSPS) is 23.5.